The van der Waals surface area contributed by atoms with Crippen LogP contribution in [0.1, 0.15) is 36.4 Å². The zero-order valence-corrected chi connectivity index (χ0v) is 20.2. The van der Waals surface area contributed by atoms with Crippen LogP contribution >= 0.6 is 11.6 Å². The van der Waals surface area contributed by atoms with E-state index in [0.29, 0.717) is 21.2 Å². The number of ether oxygens (including phenoxy) is 1. The molecule has 0 spiro atoms. The van der Waals surface area contributed by atoms with Crippen molar-refractivity contribution in [1.29, 1.82) is 0 Å². The maximum atomic E-state index is 13.9. The molecular formula is C26H24ClF3N2O4. The zero-order chi connectivity index (χ0) is 26.5. The fourth-order valence-corrected chi connectivity index (χ4v) is 4.43. The van der Waals surface area contributed by atoms with Crippen LogP contribution in [0.2, 0.25) is 5.02 Å². The molecule has 10 heteroatoms. The van der Waals surface area contributed by atoms with Crippen molar-refractivity contribution in [3.05, 3.63) is 105 Å². The van der Waals surface area contributed by atoms with E-state index in [1.54, 1.807) is 37.3 Å². The third-order valence-electron chi connectivity index (χ3n) is 5.95. The molecule has 0 radical (unpaired) electrons. The summed E-state index contributed by atoms with van der Waals surface area (Å²) in [6.07, 6.45) is -5.05. The van der Waals surface area contributed by atoms with Gasteiger partial charge in [0.25, 0.3) is 0 Å². The lowest BCUT2D eigenvalue weighted by Gasteiger charge is -2.36. The fourth-order valence-electron chi connectivity index (χ4n) is 4.30. The second-order valence-corrected chi connectivity index (χ2v) is 8.51. The van der Waals surface area contributed by atoms with Crippen molar-refractivity contribution >= 4 is 23.2 Å². The molecule has 0 unspecified atom stereocenters. The van der Waals surface area contributed by atoms with Crippen molar-refractivity contribution in [2.45, 2.75) is 37.5 Å². The van der Waals surface area contributed by atoms with E-state index in [1.165, 1.54) is 55.6 Å². The van der Waals surface area contributed by atoms with Crippen molar-refractivity contribution in [1.82, 2.24) is 0 Å². The summed E-state index contributed by atoms with van der Waals surface area (Å²) in [5.74, 6) is -2.67. The Balaban J connectivity index is 2.31. The van der Waals surface area contributed by atoms with Gasteiger partial charge in [-0.3, -0.25) is 19.8 Å². The summed E-state index contributed by atoms with van der Waals surface area (Å²) in [7, 11) is 1.39. The Kier molecular flexibility index (Phi) is 8.57. The molecule has 36 heavy (non-hydrogen) atoms. The van der Waals surface area contributed by atoms with E-state index >= 15 is 0 Å². The van der Waals surface area contributed by atoms with Crippen molar-refractivity contribution in [2.75, 3.05) is 12.0 Å². The first-order chi connectivity index (χ1) is 17.1. The summed E-state index contributed by atoms with van der Waals surface area (Å²) in [5, 5.41) is 12.9. The largest absolute Gasteiger partial charge is 0.497 e. The number of carbonyl (C=O) groups excluding carboxylic acids is 1. The molecule has 3 rings (SSSR count). The van der Waals surface area contributed by atoms with Crippen LogP contribution in [0.3, 0.4) is 0 Å². The molecular weight excluding hydrogens is 497 g/mol. The molecule has 0 aromatic heterocycles. The van der Waals surface area contributed by atoms with Gasteiger partial charge >= 0.3 is 12.1 Å². The van der Waals surface area contributed by atoms with E-state index in [9.17, 15) is 28.1 Å². The lowest BCUT2D eigenvalue weighted by Crippen LogP contribution is -2.50. The van der Waals surface area contributed by atoms with Crippen molar-refractivity contribution in [3.8, 4) is 5.75 Å². The van der Waals surface area contributed by atoms with Gasteiger partial charge in [0.05, 0.1) is 13.0 Å². The molecule has 0 aliphatic rings. The van der Waals surface area contributed by atoms with Gasteiger partial charge in [-0.05, 0) is 53.9 Å². The van der Waals surface area contributed by atoms with Crippen LogP contribution in [0.4, 0.5) is 18.9 Å². The number of benzene rings is 3. The summed E-state index contributed by atoms with van der Waals surface area (Å²) in [6.45, 7) is 1.72. The van der Waals surface area contributed by atoms with E-state index in [1.807, 2.05) is 0 Å². The highest BCUT2D eigenvalue weighted by atomic mass is 35.5. The number of nitrogens with zero attached hydrogens (tertiary/aromatic N) is 2. The normalized spacial score (nSPS) is 13.9. The summed E-state index contributed by atoms with van der Waals surface area (Å²) in [6, 6.07) is 16.3. The predicted molar refractivity (Wildman–Crippen MR) is 131 cm³/mol. The molecule has 0 aliphatic heterocycles. The van der Waals surface area contributed by atoms with E-state index in [4.69, 9.17) is 16.3 Å². The van der Waals surface area contributed by atoms with Gasteiger partial charge < -0.3 is 4.74 Å². The molecule has 3 atom stereocenters. The molecule has 3 aromatic carbocycles. The first-order valence-electron chi connectivity index (χ1n) is 11.1. The van der Waals surface area contributed by atoms with Gasteiger partial charge in [-0.2, -0.15) is 13.2 Å². The summed E-state index contributed by atoms with van der Waals surface area (Å²) >= 11 is 6.00. The number of anilines is 1. The van der Waals surface area contributed by atoms with Gasteiger partial charge in [0, 0.05) is 15.6 Å². The Morgan fingerprint density at radius 1 is 1.00 bits per heavy atom. The first-order valence-corrected chi connectivity index (χ1v) is 11.4. The Morgan fingerprint density at radius 3 is 2.06 bits per heavy atom. The number of nitro groups is 1. The molecule has 1 amide bonds. The smallest absolute Gasteiger partial charge is 0.471 e. The Morgan fingerprint density at radius 2 is 1.58 bits per heavy atom. The lowest BCUT2D eigenvalue weighted by molar-refractivity contribution is -0.531. The summed E-state index contributed by atoms with van der Waals surface area (Å²) in [4.78, 5) is 25.4. The molecule has 0 N–H and O–H groups in total. The van der Waals surface area contributed by atoms with Crippen molar-refractivity contribution in [3.63, 3.8) is 0 Å². The molecule has 0 fully saturated rings. The highest BCUT2D eigenvalue weighted by Gasteiger charge is 2.52. The molecule has 0 saturated carbocycles. The van der Waals surface area contributed by atoms with E-state index in [-0.39, 0.29) is 17.7 Å². The number of rotatable bonds is 9. The first kappa shape index (κ1) is 27.0. The number of halogens is 4. The minimum Gasteiger partial charge on any atom is -0.497 e. The van der Waals surface area contributed by atoms with E-state index < -0.39 is 35.0 Å². The second-order valence-electron chi connectivity index (χ2n) is 8.07. The van der Waals surface area contributed by atoms with Crippen LogP contribution in [0.25, 0.3) is 0 Å². The number of methoxy groups -OCH3 is 1. The minimum atomic E-state index is -5.29. The van der Waals surface area contributed by atoms with Gasteiger partial charge in [-0.15, -0.1) is 0 Å². The number of hydrogen-bond donors (Lipinski definition) is 0. The predicted octanol–water partition coefficient (Wildman–Crippen LogP) is 6.82. The maximum Gasteiger partial charge on any atom is 0.471 e. The van der Waals surface area contributed by atoms with Crippen LogP contribution in [0.5, 0.6) is 5.75 Å². The van der Waals surface area contributed by atoms with Gasteiger partial charge in [-0.25, -0.2) is 0 Å². The quantitative estimate of drug-likeness (QED) is 0.229. The highest BCUT2D eigenvalue weighted by molar-refractivity contribution is 6.30. The molecule has 3 aromatic rings. The number of alkyl halides is 3. The van der Waals surface area contributed by atoms with Gasteiger partial charge in [-0.1, -0.05) is 61.0 Å². The van der Waals surface area contributed by atoms with Crippen LogP contribution < -0.4 is 9.64 Å². The van der Waals surface area contributed by atoms with Crippen LogP contribution in [0.15, 0.2) is 78.9 Å². The van der Waals surface area contributed by atoms with Crippen LogP contribution in [-0.2, 0) is 4.79 Å². The minimum absolute atomic E-state index is 0.142. The van der Waals surface area contributed by atoms with Gasteiger partial charge in [0.15, 0.2) is 0 Å². The third-order valence-corrected chi connectivity index (χ3v) is 6.20. The highest BCUT2D eigenvalue weighted by Crippen LogP contribution is 2.41. The third kappa shape index (κ3) is 5.96. The number of hydrogen-bond acceptors (Lipinski definition) is 4. The van der Waals surface area contributed by atoms with Crippen molar-refractivity contribution < 1.29 is 27.6 Å². The summed E-state index contributed by atoms with van der Waals surface area (Å²) in [5.41, 5.74) is 0.562. The summed E-state index contributed by atoms with van der Waals surface area (Å²) < 4.78 is 46.9. The maximum absolute atomic E-state index is 13.9. The van der Waals surface area contributed by atoms with E-state index in [2.05, 4.69) is 0 Å². The standard InChI is InChI=1S/C26H24ClF3N2O4/c1-3-22(17-7-5-4-6-8-17)24(32(34)35)23(18-9-11-19(27)12-10-18)31(25(33)26(28,29)30)20-13-15-21(36-2)16-14-20/h4-16,22-24H,3H2,1-2H3/t22-,23-,24+/m1/s1. The topological polar surface area (TPSA) is 72.7 Å². The molecule has 0 aliphatic carbocycles. The van der Waals surface area contributed by atoms with Crippen LogP contribution in [-0.4, -0.2) is 30.2 Å². The number of carbonyl (C=O) groups is 1. The monoisotopic (exact) mass is 520 g/mol. The Hall–Kier alpha value is -3.59. The molecule has 0 saturated heterocycles. The molecule has 190 valence electrons. The zero-order valence-electron chi connectivity index (χ0n) is 19.5. The Bertz CT molecular complexity index is 1170. The molecule has 0 bridgehead atoms. The fraction of sp³-hybridized carbons (Fsp3) is 0.269. The van der Waals surface area contributed by atoms with Crippen LogP contribution in [0, 0.1) is 10.1 Å². The molecule has 0 heterocycles. The lowest BCUT2D eigenvalue weighted by atomic mass is 9.82. The average molecular weight is 521 g/mol. The van der Waals surface area contributed by atoms with Gasteiger partial charge in [0.1, 0.15) is 11.8 Å². The van der Waals surface area contributed by atoms with Gasteiger partial charge in [0.2, 0.25) is 6.04 Å². The SMILES string of the molecule is CC[C@H](c1ccccc1)[C@@H]([C@@H](c1ccc(Cl)cc1)N(C(=O)C(F)(F)F)c1ccc(OC)cc1)[N+](=O)[O-]. The Labute approximate surface area is 211 Å². The second kappa shape index (κ2) is 11.4. The molecule has 6 nitrogen and oxygen atoms in total. The number of amides is 1. The van der Waals surface area contributed by atoms with E-state index in [0.717, 1.165) is 0 Å². The average Bonchev–Trinajstić information content (AvgIpc) is 2.86. The van der Waals surface area contributed by atoms with Crippen molar-refractivity contribution in [2.24, 2.45) is 0 Å².